The average molecular weight is 480 g/mol. The molecular formula is C26H22N3NaO3S. The fraction of sp³-hybridized carbons (Fsp3) is 0.0769. The molecule has 3 aromatic carbocycles. The number of hydrogen-bond acceptors (Lipinski definition) is 4. The zero-order chi connectivity index (χ0) is 22.8. The van der Waals surface area contributed by atoms with E-state index >= 15 is 0 Å². The van der Waals surface area contributed by atoms with E-state index < -0.39 is 10.1 Å². The van der Waals surface area contributed by atoms with E-state index in [1.54, 1.807) is 30.5 Å². The second kappa shape index (κ2) is 10.2. The Morgan fingerprint density at radius 2 is 1.74 bits per heavy atom. The van der Waals surface area contributed by atoms with Gasteiger partial charge in [0.25, 0.3) is 10.1 Å². The van der Waals surface area contributed by atoms with Gasteiger partial charge in [-0.3, -0.25) is 4.55 Å². The van der Waals surface area contributed by atoms with Crippen molar-refractivity contribution in [2.75, 3.05) is 0 Å². The Kier molecular flexibility index (Phi) is 7.30. The summed E-state index contributed by atoms with van der Waals surface area (Å²) in [6, 6.07) is 22.5. The van der Waals surface area contributed by atoms with Gasteiger partial charge in [-0.1, -0.05) is 85.0 Å². The second-order valence-electron chi connectivity index (χ2n) is 7.82. The van der Waals surface area contributed by atoms with E-state index in [1.165, 1.54) is 16.4 Å². The van der Waals surface area contributed by atoms with Gasteiger partial charge in [-0.2, -0.15) is 23.4 Å². The van der Waals surface area contributed by atoms with Crippen LogP contribution in [0.4, 0.5) is 0 Å². The minimum absolute atomic E-state index is 0. The van der Waals surface area contributed by atoms with Crippen molar-refractivity contribution >= 4 is 57.9 Å². The Bertz CT molecular complexity index is 1480. The minimum atomic E-state index is -4.45. The van der Waals surface area contributed by atoms with Crippen molar-refractivity contribution in [1.29, 1.82) is 0 Å². The van der Waals surface area contributed by atoms with E-state index in [1.807, 2.05) is 42.5 Å². The molecule has 1 aliphatic carbocycles. The molecule has 34 heavy (non-hydrogen) atoms. The van der Waals surface area contributed by atoms with Crippen molar-refractivity contribution in [3.63, 3.8) is 0 Å². The third-order valence-electron chi connectivity index (χ3n) is 5.67. The van der Waals surface area contributed by atoms with Gasteiger partial charge in [0.15, 0.2) is 0 Å². The summed E-state index contributed by atoms with van der Waals surface area (Å²) in [5, 5.41) is 8.99. The van der Waals surface area contributed by atoms with E-state index in [4.69, 9.17) is 0 Å². The molecule has 1 aliphatic rings. The number of allylic oxidation sites excluding steroid dienone is 1. The summed E-state index contributed by atoms with van der Waals surface area (Å²) in [7, 11) is -4.45. The van der Waals surface area contributed by atoms with E-state index in [0.717, 1.165) is 23.2 Å². The Labute approximate surface area is 220 Å². The molecule has 1 unspecified atom stereocenters. The standard InChI is InChI=1S/C26H21N3O3S.Na.H/c30-33(31,32)26-17-22(16-15-21(26)14-13-19-7-2-1-3-8-19)29-27-18-25(28-29)24-12-6-10-20-9-4-5-11-23(20)24;;/h1-11,13-18,24H,12H2,(H,30,31,32);;. The molecule has 0 saturated heterocycles. The fourth-order valence-corrected chi connectivity index (χ4v) is 4.74. The van der Waals surface area contributed by atoms with E-state index in [-0.39, 0.29) is 40.4 Å². The molecule has 1 atom stereocenters. The van der Waals surface area contributed by atoms with E-state index in [2.05, 4.69) is 34.5 Å². The van der Waals surface area contributed by atoms with Gasteiger partial charge in [-0.15, -0.1) is 0 Å². The van der Waals surface area contributed by atoms with Crippen molar-refractivity contribution in [3.8, 4) is 5.69 Å². The first-order valence-corrected chi connectivity index (χ1v) is 12.0. The molecule has 0 spiro atoms. The first-order chi connectivity index (χ1) is 16.0. The van der Waals surface area contributed by atoms with E-state index in [9.17, 15) is 13.0 Å². The van der Waals surface area contributed by atoms with Crippen LogP contribution in [-0.4, -0.2) is 57.5 Å². The predicted octanol–water partition coefficient (Wildman–Crippen LogP) is 4.58. The van der Waals surface area contributed by atoms with Crippen molar-refractivity contribution in [3.05, 3.63) is 113 Å². The molecule has 8 heteroatoms. The topological polar surface area (TPSA) is 85.1 Å². The van der Waals surface area contributed by atoms with Gasteiger partial charge in [0, 0.05) is 5.92 Å². The maximum absolute atomic E-state index is 12.1. The molecule has 4 aromatic rings. The maximum atomic E-state index is 12.1. The first kappa shape index (κ1) is 24.3. The summed E-state index contributed by atoms with van der Waals surface area (Å²) in [6.45, 7) is 0. The molecule has 0 radical (unpaired) electrons. The molecule has 6 nitrogen and oxygen atoms in total. The average Bonchev–Trinajstić information content (AvgIpc) is 3.32. The molecular weight excluding hydrogens is 457 g/mol. The van der Waals surface area contributed by atoms with Crippen LogP contribution in [0.1, 0.15) is 40.3 Å². The molecule has 1 aromatic heterocycles. The number of aromatic nitrogens is 3. The molecule has 0 saturated carbocycles. The van der Waals surface area contributed by atoms with Gasteiger partial charge >= 0.3 is 29.6 Å². The van der Waals surface area contributed by atoms with Crippen LogP contribution in [0.25, 0.3) is 23.9 Å². The summed E-state index contributed by atoms with van der Waals surface area (Å²) in [5.41, 5.74) is 4.89. The number of hydrogen-bond donors (Lipinski definition) is 1. The van der Waals surface area contributed by atoms with Crippen LogP contribution in [0.3, 0.4) is 0 Å². The summed E-state index contributed by atoms with van der Waals surface area (Å²) in [5.74, 6) is 0.0778. The molecule has 0 fully saturated rings. The second-order valence-corrected chi connectivity index (χ2v) is 9.21. The van der Waals surface area contributed by atoms with Gasteiger partial charge in [-0.05, 0) is 40.8 Å². The van der Waals surface area contributed by atoms with Crippen LogP contribution in [0.5, 0.6) is 0 Å². The predicted molar refractivity (Wildman–Crippen MR) is 136 cm³/mol. The number of benzene rings is 3. The third-order valence-corrected chi connectivity index (χ3v) is 6.58. The van der Waals surface area contributed by atoms with Crippen LogP contribution in [0.15, 0.2) is 90.0 Å². The Balaban J connectivity index is 0.00000274. The number of nitrogens with zero attached hydrogens (tertiary/aromatic N) is 3. The number of fused-ring (bicyclic) bond motifs is 1. The summed E-state index contributed by atoms with van der Waals surface area (Å²) < 4.78 is 34.0. The summed E-state index contributed by atoms with van der Waals surface area (Å²) in [6.07, 6.45) is 10.2. The van der Waals surface area contributed by atoms with Crippen LogP contribution >= 0.6 is 0 Å². The van der Waals surface area contributed by atoms with Crippen LogP contribution < -0.4 is 0 Å². The van der Waals surface area contributed by atoms with Gasteiger partial charge in [-0.25, -0.2) is 0 Å². The summed E-state index contributed by atoms with van der Waals surface area (Å²) in [4.78, 5) is 1.20. The molecule has 166 valence electrons. The van der Waals surface area contributed by atoms with Gasteiger partial charge in [0.1, 0.15) is 4.90 Å². The normalized spacial score (nSPS) is 15.1. The van der Waals surface area contributed by atoms with Gasteiger partial charge < -0.3 is 0 Å². The third kappa shape index (κ3) is 5.14. The van der Waals surface area contributed by atoms with Crippen LogP contribution in [0.2, 0.25) is 0 Å². The molecule has 0 bridgehead atoms. The molecule has 5 rings (SSSR count). The Morgan fingerprint density at radius 1 is 0.971 bits per heavy atom. The van der Waals surface area contributed by atoms with Crippen LogP contribution in [-0.2, 0) is 10.1 Å². The van der Waals surface area contributed by atoms with Crippen LogP contribution in [0, 0.1) is 0 Å². The molecule has 0 amide bonds. The number of rotatable bonds is 5. The fourth-order valence-electron chi connectivity index (χ4n) is 4.04. The Morgan fingerprint density at radius 3 is 2.53 bits per heavy atom. The summed E-state index contributed by atoms with van der Waals surface area (Å²) >= 11 is 0. The zero-order valence-corrected chi connectivity index (χ0v) is 18.4. The monoisotopic (exact) mass is 479 g/mol. The molecule has 1 heterocycles. The van der Waals surface area contributed by atoms with Gasteiger partial charge in [0.2, 0.25) is 0 Å². The first-order valence-electron chi connectivity index (χ1n) is 10.5. The van der Waals surface area contributed by atoms with Crippen molar-refractivity contribution < 1.29 is 13.0 Å². The SMILES string of the molecule is O=S(=O)(O)c1cc(-n2ncc(C3CC=Cc4ccccc43)n2)ccc1C=Cc1ccccc1.[NaH]. The van der Waals surface area contributed by atoms with Crippen molar-refractivity contribution in [2.45, 2.75) is 17.2 Å². The molecule has 0 aliphatic heterocycles. The quantitative estimate of drug-likeness (QED) is 0.257. The molecule has 1 N–H and O–H groups in total. The Hall–Kier alpha value is -2.81. The van der Waals surface area contributed by atoms with E-state index in [0.29, 0.717) is 11.3 Å². The van der Waals surface area contributed by atoms with Crippen molar-refractivity contribution in [2.24, 2.45) is 0 Å². The van der Waals surface area contributed by atoms with Gasteiger partial charge in [0.05, 0.1) is 17.6 Å². The zero-order valence-electron chi connectivity index (χ0n) is 17.6. The van der Waals surface area contributed by atoms with Crippen molar-refractivity contribution in [1.82, 2.24) is 15.0 Å².